The number of nitrogens with zero attached hydrogens (tertiary/aromatic N) is 2. The Morgan fingerprint density at radius 2 is 2.08 bits per heavy atom. The summed E-state index contributed by atoms with van der Waals surface area (Å²) in [6, 6.07) is 0. The van der Waals surface area contributed by atoms with Gasteiger partial charge >= 0.3 is 0 Å². The zero-order valence-electron chi connectivity index (χ0n) is 7.20. The predicted molar refractivity (Wildman–Crippen MR) is 41.5 cm³/mol. The topological polar surface area (TPSA) is 55.3 Å². The van der Waals surface area contributed by atoms with Gasteiger partial charge in [-0.15, -0.1) is 10.3 Å². The number of methoxy groups -OCH3 is 2. The van der Waals surface area contributed by atoms with E-state index in [1.54, 1.807) is 6.20 Å². The Hall–Kier alpha value is -1.43. The first-order valence-electron chi connectivity index (χ1n) is 3.28. The average molecular weight is 173 g/mol. The van der Waals surface area contributed by atoms with E-state index in [0.29, 0.717) is 11.7 Å². The summed E-state index contributed by atoms with van der Waals surface area (Å²) < 4.78 is 9.87. The fraction of sp³-hybridized carbons (Fsp3) is 0.500. The number of hydroxylamine groups is 1. The van der Waals surface area contributed by atoms with Crippen LogP contribution in [-0.2, 0) is 14.3 Å². The number of rotatable bonds is 2. The van der Waals surface area contributed by atoms with E-state index in [-0.39, 0.29) is 0 Å². The molecule has 0 bridgehead atoms. The monoisotopic (exact) mass is 173 g/mol. The maximum atomic E-state index is 4.97. The van der Waals surface area contributed by atoms with Gasteiger partial charge in [-0.25, -0.2) is 0 Å². The molecule has 1 aliphatic rings. The van der Waals surface area contributed by atoms with Gasteiger partial charge in [-0.05, 0) is 0 Å². The first-order chi connectivity index (χ1) is 5.81. The molecular weight excluding hydrogens is 162 g/mol. The van der Waals surface area contributed by atoms with Gasteiger partial charge < -0.3 is 9.47 Å². The summed E-state index contributed by atoms with van der Waals surface area (Å²) in [5.41, 5.74) is 2.55. The Labute approximate surface area is 70.3 Å². The van der Waals surface area contributed by atoms with Crippen molar-refractivity contribution >= 4 is 5.90 Å². The minimum atomic E-state index is 0.380. The number of hydrogen-bond acceptors (Lipinski definition) is 6. The van der Waals surface area contributed by atoms with Gasteiger partial charge in [-0.1, -0.05) is 0 Å². The standard InChI is InChI=1S/C6H11N3O3/c1-10-5-4-9(12-3)8-7-6(5)11-2/h4,8H,1-3H3. The van der Waals surface area contributed by atoms with Crippen molar-refractivity contribution in [2.45, 2.75) is 0 Å². The van der Waals surface area contributed by atoms with Crippen LogP contribution in [0.15, 0.2) is 17.1 Å². The van der Waals surface area contributed by atoms with Gasteiger partial charge in [0.1, 0.15) is 6.20 Å². The third-order valence-electron chi connectivity index (χ3n) is 1.31. The van der Waals surface area contributed by atoms with Gasteiger partial charge in [0.05, 0.1) is 21.3 Å². The second-order valence-corrected chi connectivity index (χ2v) is 1.93. The highest BCUT2D eigenvalue weighted by molar-refractivity contribution is 5.91. The first kappa shape index (κ1) is 8.66. The van der Waals surface area contributed by atoms with Crippen molar-refractivity contribution in [3.63, 3.8) is 0 Å². The van der Waals surface area contributed by atoms with Crippen LogP contribution in [0.1, 0.15) is 0 Å². The minimum absolute atomic E-state index is 0.380. The van der Waals surface area contributed by atoms with Gasteiger partial charge in [0.15, 0.2) is 0 Å². The molecule has 68 valence electrons. The third kappa shape index (κ3) is 1.59. The van der Waals surface area contributed by atoms with Gasteiger partial charge in [-0.2, -0.15) is 5.53 Å². The van der Waals surface area contributed by atoms with Gasteiger partial charge in [0, 0.05) is 0 Å². The van der Waals surface area contributed by atoms with Crippen molar-refractivity contribution in [2.75, 3.05) is 21.3 Å². The molecule has 0 saturated heterocycles. The number of hydrazine groups is 1. The zero-order valence-corrected chi connectivity index (χ0v) is 7.20. The van der Waals surface area contributed by atoms with Crippen molar-refractivity contribution in [3.05, 3.63) is 12.0 Å². The Kier molecular flexibility index (Phi) is 2.76. The van der Waals surface area contributed by atoms with E-state index < -0.39 is 0 Å². The lowest BCUT2D eigenvalue weighted by Gasteiger charge is -2.21. The lowest BCUT2D eigenvalue weighted by atomic mass is 10.5. The van der Waals surface area contributed by atoms with Crippen LogP contribution in [-0.4, -0.2) is 32.4 Å². The van der Waals surface area contributed by atoms with E-state index >= 15 is 0 Å². The molecule has 0 aliphatic carbocycles. The molecule has 0 spiro atoms. The highest BCUT2D eigenvalue weighted by atomic mass is 16.7. The maximum Gasteiger partial charge on any atom is 0.277 e. The fourth-order valence-electron chi connectivity index (χ4n) is 0.720. The molecule has 0 amide bonds. The summed E-state index contributed by atoms with van der Waals surface area (Å²) in [4.78, 5) is 4.82. The summed E-state index contributed by atoms with van der Waals surface area (Å²) in [6.45, 7) is 0. The molecule has 1 heterocycles. The highest BCUT2D eigenvalue weighted by Gasteiger charge is 2.15. The van der Waals surface area contributed by atoms with Gasteiger partial charge in [-0.3, -0.25) is 4.84 Å². The largest absolute Gasteiger partial charge is 0.490 e. The maximum absolute atomic E-state index is 4.97. The van der Waals surface area contributed by atoms with Crippen LogP contribution < -0.4 is 5.53 Å². The molecule has 0 atom stereocenters. The number of ether oxygens (including phenoxy) is 2. The van der Waals surface area contributed by atoms with Crippen LogP contribution in [0.2, 0.25) is 0 Å². The SMILES string of the molecule is COC1=CN(OC)NN=C1OC. The van der Waals surface area contributed by atoms with Crippen molar-refractivity contribution in [3.8, 4) is 0 Å². The van der Waals surface area contributed by atoms with Crippen LogP contribution in [0.25, 0.3) is 0 Å². The Morgan fingerprint density at radius 1 is 1.33 bits per heavy atom. The minimum Gasteiger partial charge on any atom is -0.490 e. The molecule has 0 fully saturated rings. The lowest BCUT2D eigenvalue weighted by molar-refractivity contribution is -0.133. The quantitative estimate of drug-likeness (QED) is 0.627. The molecule has 0 aromatic rings. The second-order valence-electron chi connectivity index (χ2n) is 1.93. The van der Waals surface area contributed by atoms with E-state index in [1.165, 1.54) is 26.5 Å². The second kappa shape index (κ2) is 3.82. The molecule has 0 aromatic heterocycles. The molecule has 12 heavy (non-hydrogen) atoms. The normalized spacial score (nSPS) is 16.1. The van der Waals surface area contributed by atoms with Crippen molar-refractivity contribution in [1.29, 1.82) is 0 Å². The van der Waals surface area contributed by atoms with E-state index in [9.17, 15) is 0 Å². The highest BCUT2D eigenvalue weighted by Crippen LogP contribution is 2.06. The molecule has 0 saturated carbocycles. The molecule has 1 N–H and O–H groups in total. The van der Waals surface area contributed by atoms with Crippen LogP contribution in [0, 0.1) is 0 Å². The molecular formula is C6H11N3O3. The molecule has 1 rings (SSSR count). The first-order valence-corrected chi connectivity index (χ1v) is 3.28. The Morgan fingerprint density at radius 3 is 2.58 bits per heavy atom. The van der Waals surface area contributed by atoms with E-state index in [0.717, 1.165) is 0 Å². The van der Waals surface area contributed by atoms with Crippen molar-refractivity contribution in [2.24, 2.45) is 5.10 Å². The molecule has 0 unspecified atom stereocenters. The van der Waals surface area contributed by atoms with Crippen molar-refractivity contribution in [1.82, 2.24) is 10.7 Å². The predicted octanol–water partition coefficient (Wildman–Crippen LogP) is -0.184. The van der Waals surface area contributed by atoms with E-state index in [2.05, 4.69) is 10.6 Å². The number of hydrazone groups is 1. The van der Waals surface area contributed by atoms with Crippen LogP contribution >= 0.6 is 0 Å². The molecule has 0 aromatic carbocycles. The van der Waals surface area contributed by atoms with Crippen LogP contribution in [0.3, 0.4) is 0 Å². The number of nitrogens with one attached hydrogen (secondary N) is 1. The third-order valence-corrected chi connectivity index (χ3v) is 1.31. The van der Waals surface area contributed by atoms with E-state index in [4.69, 9.17) is 14.3 Å². The summed E-state index contributed by atoms with van der Waals surface area (Å²) in [5, 5.41) is 5.10. The average Bonchev–Trinajstić information content (AvgIpc) is 2.16. The molecule has 6 nitrogen and oxygen atoms in total. The lowest BCUT2D eigenvalue weighted by Crippen LogP contribution is -2.34. The summed E-state index contributed by atoms with van der Waals surface area (Å²) in [7, 11) is 4.54. The Balaban J connectivity index is 2.71. The van der Waals surface area contributed by atoms with Crippen molar-refractivity contribution < 1.29 is 14.3 Å². The van der Waals surface area contributed by atoms with Gasteiger partial charge in [0.2, 0.25) is 5.76 Å². The Bertz CT molecular complexity index is 214. The fourth-order valence-corrected chi connectivity index (χ4v) is 0.720. The molecule has 1 aliphatic heterocycles. The zero-order chi connectivity index (χ0) is 8.97. The van der Waals surface area contributed by atoms with E-state index in [1.807, 2.05) is 0 Å². The van der Waals surface area contributed by atoms with Crippen LogP contribution in [0.5, 0.6) is 0 Å². The summed E-state index contributed by atoms with van der Waals surface area (Å²) >= 11 is 0. The molecule has 6 heteroatoms. The summed E-state index contributed by atoms with van der Waals surface area (Å²) in [6.07, 6.45) is 1.58. The number of hydrogen-bond donors (Lipinski definition) is 1. The summed E-state index contributed by atoms with van der Waals surface area (Å²) in [5.74, 6) is 0.879. The van der Waals surface area contributed by atoms with Gasteiger partial charge in [0.25, 0.3) is 5.90 Å². The smallest absolute Gasteiger partial charge is 0.277 e. The molecule has 0 radical (unpaired) electrons. The van der Waals surface area contributed by atoms with Crippen LogP contribution in [0.4, 0.5) is 0 Å².